The lowest BCUT2D eigenvalue weighted by Crippen LogP contribution is -2.24. The Morgan fingerprint density at radius 2 is 2.18 bits per heavy atom. The zero-order chi connectivity index (χ0) is 11.8. The predicted octanol–water partition coefficient (Wildman–Crippen LogP) is 2.60. The fourth-order valence-corrected chi connectivity index (χ4v) is 3.60. The van der Waals surface area contributed by atoms with E-state index in [0.29, 0.717) is 6.04 Å². The van der Waals surface area contributed by atoms with Crippen LogP contribution < -0.4 is 5.32 Å². The van der Waals surface area contributed by atoms with Crippen molar-refractivity contribution < 1.29 is 0 Å². The van der Waals surface area contributed by atoms with Crippen LogP contribution in [0.3, 0.4) is 0 Å². The summed E-state index contributed by atoms with van der Waals surface area (Å²) in [5.74, 6) is 2.95. The summed E-state index contributed by atoms with van der Waals surface area (Å²) in [6, 6.07) is 0.522. The molecule has 2 aliphatic rings. The van der Waals surface area contributed by atoms with E-state index in [1.54, 1.807) is 0 Å². The Kier molecular flexibility index (Phi) is 2.95. The van der Waals surface area contributed by atoms with E-state index in [2.05, 4.69) is 41.5 Å². The highest BCUT2D eigenvalue weighted by atomic mass is 15.3. The lowest BCUT2D eigenvalue weighted by Gasteiger charge is -2.23. The predicted molar refractivity (Wildman–Crippen MR) is 68.6 cm³/mol. The Morgan fingerprint density at radius 1 is 1.41 bits per heavy atom. The molecule has 0 amide bonds. The highest BCUT2D eigenvalue weighted by molar-refractivity contribution is 5.14. The van der Waals surface area contributed by atoms with Crippen LogP contribution in [-0.4, -0.2) is 16.8 Å². The van der Waals surface area contributed by atoms with Gasteiger partial charge in [-0.05, 0) is 50.5 Å². The molecular weight excluding hydrogens is 210 g/mol. The van der Waals surface area contributed by atoms with Gasteiger partial charge in [-0.2, -0.15) is 5.10 Å². The van der Waals surface area contributed by atoms with Crippen LogP contribution in [0.5, 0.6) is 0 Å². The molecule has 94 valence electrons. The molecule has 1 heterocycles. The molecule has 0 bridgehead atoms. The first-order valence-corrected chi connectivity index (χ1v) is 7.01. The van der Waals surface area contributed by atoms with Crippen molar-refractivity contribution in [2.24, 2.45) is 17.8 Å². The molecule has 2 aliphatic carbocycles. The first-order valence-electron chi connectivity index (χ1n) is 7.01. The number of aryl methyl sites for hydroxylation is 1. The van der Waals surface area contributed by atoms with Crippen LogP contribution in [0.4, 0.5) is 0 Å². The number of nitrogens with one attached hydrogen (secondary N) is 1. The van der Waals surface area contributed by atoms with Crippen molar-refractivity contribution in [1.29, 1.82) is 0 Å². The van der Waals surface area contributed by atoms with E-state index in [1.807, 2.05) is 0 Å². The first kappa shape index (κ1) is 11.3. The SMILES string of the molecule is CCCn1cc(C(NC)C2CC3CC3C2)cn1. The average Bonchev–Trinajstić information content (AvgIpc) is 2.77. The molecule has 3 nitrogen and oxygen atoms in total. The monoisotopic (exact) mass is 233 g/mol. The largest absolute Gasteiger partial charge is 0.313 e. The lowest BCUT2D eigenvalue weighted by molar-refractivity contribution is 0.359. The van der Waals surface area contributed by atoms with Gasteiger partial charge in [-0.3, -0.25) is 4.68 Å². The molecule has 0 spiro atoms. The third-order valence-corrected chi connectivity index (χ3v) is 4.53. The molecule has 3 rings (SSSR count). The van der Waals surface area contributed by atoms with E-state index in [4.69, 9.17) is 0 Å². The van der Waals surface area contributed by atoms with E-state index in [-0.39, 0.29) is 0 Å². The van der Waals surface area contributed by atoms with Crippen molar-refractivity contribution in [2.75, 3.05) is 7.05 Å². The third-order valence-electron chi connectivity index (χ3n) is 4.53. The summed E-state index contributed by atoms with van der Waals surface area (Å²) in [5.41, 5.74) is 1.38. The highest BCUT2D eigenvalue weighted by Gasteiger charge is 2.47. The molecule has 2 saturated carbocycles. The van der Waals surface area contributed by atoms with Gasteiger partial charge in [0.25, 0.3) is 0 Å². The number of hydrogen-bond acceptors (Lipinski definition) is 2. The van der Waals surface area contributed by atoms with E-state index in [1.165, 1.54) is 24.8 Å². The van der Waals surface area contributed by atoms with Crippen LogP contribution >= 0.6 is 0 Å². The van der Waals surface area contributed by atoms with Crippen LogP contribution in [0.25, 0.3) is 0 Å². The Labute approximate surface area is 104 Å². The van der Waals surface area contributed by atoms with Crippen LogP contribution in [-0.2, 0) is 6.54 Å². The van der Waals surface area contributed by atoms with Gasteiger partial charge in [-0.1, -0.05) is 6.92 Å². The second-order valence-corrected chi connectivity index (χ2v) is 5.79. The minimum absolute atomic E-state index is 0.522. The summed E-state index contributed by atoms with van der Waals surface area (Å²) in [7, 11) is 2.09. The molecule has 1 N–H and O–H groups in total. The summed E-state index contributed by atoms with van der Waals surface area (Å²) in [6.45, 7) is 3.23. The minimum atomic E-state index is 0.522. The molecule has 3 heteroatoms. The Hall–Kier alpha value is -0.830. The van der Waals surface area contributed by atoms with Gasteiger partial charge in [0.1, 0.15) is 0 Å². The maximum absolute atomic E-state index is 4.45. The van der Waals surface area contributed by atoms with Crippen molar-refractivity contribution >= 4 is 0 Å². The standard InChI is InChI=1S/C14H23N3/c1-3-4-17-9-13(8-16-17)14(15-2)12-6-10-5-11(10)7-12/h8-12,14-15H,3-7H2,1-2H3. The second-order valence-electron chi connectivity index (χ2n) is 5.79. The molecule has 2 fully saturated rings. The van der Waals surface area contributed by atoms with Gasteiger partial charge in [0.15, 0.2) is 0 Å². The Bertz CT molecular complexity index is 375. The molecule has 3 unspecified atom stereocenters. The van der Waals surface area contributed by atoms with Crippen molar-refractivity contribution in [2.45, 2.75) is 45.2 Å². The van der Waals surface area contributed by atoms with Gasteiger partial charge < -0.3 is 5.32 Å². The molecule has 0 aliphatic heterocycles. The maximum Gasteiger partial charge on any atom is 0.0537 e. The van der Waals surface area contributed by atoms with E-state index < -0.39 is 0 Å². The molecule has 0 saturated heterocycles. The van der Waals surface area contributed by atoms with Gasteiger partial charge in [0.2, 0.25) is 0 Å². The van der Waals surface area contributed by atoms with Crippen LogP contribution in [0.1, 0.15) is 44.2 Å². The zero-order valence-electron chi connectivity index (χ0n) is 10.9. The maximum atomic E-state index is 4.45. The number of aromatic nitrogens is 2. The van der Waals surface area contributed by atoms with Gasteiger partial charge in [-0.25, -0.2) is 0 Å². The highest BCUT2D eigenvalue weighted by Crippen LogP contribution is 2.57. The van der Waals surface area contributed by atoms with Crippen molar-refractivity contribution in [3.05, 3.63) is 18.0 Å². The van der Waals surface area contributed by atoms with Crippen LogP contribution in [0.2, 0.25) is 0 Å². The van der Waals surface area contributed by atoms with Gasteiger partial charge in [0.05, 0.1) is 6.20 Å². The number of nitrogens with zero attached hydrogens (tertiary/aromatic N) is 2. The molecular formula is C14H23N3. The average molecular weight is 233 g/mol. The van der Waals surface area contributed by atoms with Gasteiger partial charge in [0, 0.05) is 24.3 Å². The summed E-state index contributed by atoms with van der Waals surface area (Å²) < 4.78 is 2.08. The summed E-state index contributed by atoms with van der Waals surface area (Å²) >= 11 is 0. The van der Waals surface area contributed by atoms with Crippen LogP contribution in [0, 0.1) is 17.8 Å². The summed E-state index contributed by atoms with van der Waals surface area (Å²) in [6.07, 6.45) is 9.79. The fourth-order valence-electron chi connectivity index (χ4n) is 3.60. The Morgan fingerprint density at radius 3 is 2.82 bits per heavy atom. The van der Waals surface area contributed by atoms with E-state index >= 15 is 0 Å². The number of rotatable bonds is 5. The minimum Gasteiger partial charge on any atom is -0.313 e. The fraction of sp³-hybridized carbons (Fsp3) is 0.786. The molecule has 0 aromatic carbocycles. The van der Waals surface area contributed by atoms with E-state index in [9.17, 15) is 0 Å². The molecule has 17 heavy (non-hydrogen) atoms. The van der Waals surface area contributed by atoms with Crippen molar-refractivity contribution in [3.63, 3.8) is 0 Å². The zero-order valence-corrected chi connectivity index (χ0v) is 10.9. The Balaban J connectivity index is 1.70. The van der Waals surface area contributed by atoms with E-state index in [0.717, 1.165) is 30.7 Å². The molecule has 0 radical (unpaired) electrons. The van der Waals surface area contributed by atoms with Crippen molar-refractivity contribution in [3.8, 4) is 0 Å². The number of fused-ring (bicyclic) bond motifs is 1. The third kappa shape index (κ3) is 2.13. The van der Waals surface area contributed by atoms with Gasteiger partial charge in [-0.15, -0.1) is 0 Å². The smallest absolute Gasteiger partial charge is 0.0537 e. The van der Waals surface area contributed by atoms with Crippen LogP contribution in [0.15, 0.2) is 12.4 Å². The lowest BCUT2D eigenvalue weighted by atomic mass is 9.91. The normalized spacial score (nSPS) is 32.5. The first-order chi connectivity index (χ1) is 8.31. The molecule has 3 atom stereocenters. The van der Waals surface area contributed by atoms with Gasteiger partial charge >= 0.3 is 0 Å². The second kappa shape index (κ2) is 4.45. The van der Waals surface area contributed by atoms with Crippen molar-refractivity contribution in [1.82, 2.24) is 15.1 Å². The molecule has 1 aromatic heterocycles. The summed E-state index contributed by atoms with van der Waals surface area (Å²) in [4.78, 5) is 0. The number of hydrogen-bond donors (Lipinski definition) is 1. The quantitative estimate of drug-likeness (QED) is 0.847. The topological polar surface area (TPSA) is 29.9 Å². The molecule has 1 aromatic rings. The summed E-state index contributed by atoms with van der Waals surface area (Å²) in [5, 5.41) is 7.96.